The van der Waals surface area contributed by atoms with Crippen molar-refractivity contribution in [2.45, 2.75) is 18.2 Å². The molecule has 0 heterocycles. The van der Waals surface area contributed by atoms with Crippen molar-refractivity contribution in [3.05, 3.63) is 24.3 Å². The van der Waals surface area contributed by atoms with Gasteiger partial charge < -0.3 is 9.84 Å². The largest absolute Gasteiger partial charge is 0.497 e. The van der Waals surface area contributed by atoms with E-state index in [1.165, 1.54) is 7.11 Å². The number of benzene rings is 1. The molecule has 0 aliphatic carbocycles. The zero-order valence-electron chi connectivity index (χ0n) is 10.1. The van der Waals surface area contributed by atoms with Crippen molar-refractivity contribution in [3.8, 4) is 5.75 Å². The van der Waals surface area contributed by atoms with Gasteiger partial charge in [0.25, 0.3) is 0 Å². The van der Waals surface area contributed by atoms with Crippen LogP contribution in [0.1, 0.15) is 13.3 Å². The number of hydrogen-bond donors (Lipinski definition) is 1. The highest BCUT2D eigenvalue weighted by molar-refractivity contribution is 7.91. The monoisotopic (exact) mass is 258 g/mol. The van der Waals surface area contributed by atoms with E-state index >= 15 is 0 Å². The van der Waals surface area contributed by atoms with Gasteiger partial charge in [0.05, 0.1) is 17.8 Å². The number of aliphatic hydroxyl groups is 1. The smallest absolute Gasteiger partial charge is 0.178 e. The Bertz CT molecular complexity index is 436. The van der Waals surface area contributed by atoms with Crippen LogP contribution >= 0.6 is 0 Å². The zero-order chi connectivity index (χ0) is 12.9. The van der Waals surface area contributed by atoms with Crippen LogP contribution in [0.25, 0.3) is 0 Å². The lowest BCUT2D eigenvalue weighted by atomic mass is 10.1. The van der Waals surface area contributed by atoms with Gasteiger partial charge in [-0.3, -0.25) is 0 Å². The second-order valence-corrected chi connectivity index (χ2v) is 6.11. The number of ether oxygens (including phenoxy) is 1. The molecule has 4 nitrogen and oxygen atoms in total. The third-order valence-corrected chi connectivity index (χ3v) is 4.54. The molecule has 5 heteroatoms. The highest BCUT2D eigenvalue weighted by Gasteiger charge is 2.18. The summed E-state index contributed by atoms with van der Waals surface area (Å²) in [6.07, 6.45) is 0.495. The molecule has 0 fully saturated rings. The van der Waals surface area contributed by atoms with Gasteiger partial charge in [-0.1, -0.05) is 6.92 Å². The van der Waals surface area contributed by atoms with E-state index < -0.39 is 9.84 Å². The Morgan fingerprint density at radius 1 is 1.29 bits per heavy atom. The summed E-state index contributed by atoms with van der Waals surface area (Å²) >= 11 is 0. The van der Waals surface area contributed by atoms with Crippen molar-refractivity contribution in [1.29, 1.82) is 0 Å². The standard InChI is InChI=1S/C12H18O4S/c1-10(7-8-13)9-17(14,15)12-5-3-11(16-2)4-6-12/h3-6,10,13H,7-9H2,1-2H3. The van der Waals surface area contributed by atoms with Gasteiger partial charge in [0.15, 0.2) is 9.84 Å². The lowest BCUT2D eigenvalue weighted by Crippen LogP contribution is -2.15. The maximum atomic E-state index is 12.0. The van der Waals surface area contributed by atoms with Crippen molar-refractivity contribution in [2.24, 2.45) is 5.92 Å². The summed E-state index contributed by atoms with van der Waals surface area (Å²) in [5.74, 6) is 0.638. The molecule has 0 aliphatic rings. The van der Waals surface area contributed by atoms with Crippen molar-refractivity contribution in [1.82, 2.24) is 0 Å². The molecule has 0 spiro atoms. The SMILES string of the molecule is COc1ccc(S(=O)(=O)CC(C)CCO)cc1. The molecule has 0 saturated heterocycles. The molecule has 1 aromatic rings. The summed E-state index contributed by atoms with van der Waals surface area (Å²) in [6.45, 7) is 1.83. The average Bonchev–Trinajstić information content (AvgIpc) is 2.28. The maximum Gasteiger partial charge on any atom is 0.178 e. The topological polar surface area (TPSA) is 63.6 Å². The Kier molecular flexibility index (Phi) is 4.96. The summed E-state index contributed by atoms with van der Waals surface area (Å²) in [5, 5.41) is 8.76. The number of hydrogen-bond acceptors (Lipinski definition) is 4. The van der Waals surface area contributed by atoms with E-state index in [2.05, 4.69) is 0 Å². The Morgan fingerprint density at radius 3 is 2.35 bits per heavy atom. The molecule has 1 N–H and O–H groups in total. The van der Waals surface area contributed by atoms with Crippen LogP contribution in [0.2, 0.25) is 0 Å². The second-order valence-electron chi connectivity index (χ2n) is 4.07. The molecule has 96 valence electrons. The Balaban J connectivity index is 2.82. The number of aliphatic hydroxyl groups excluding tert-OH is 1. The number of methoxy groups -OCH3 is 1. The fourth-order valence-corrected chi connectivity index (χ4v) is 3.22. The van der Waals surface area contributed by atoms with E-state index in [9.17, 15) is 8.42 Å². The van der Waals surface area contributed by atoms with Crippen LogP contribution in [-0.4, -0.2) is 33.0 Å². The van der Waals surface area contributed by atoms with Crippen LogP contribution in [-0.2, 0) is 9.84 Å². The summed E-state index contributed by atoms with van der Waals surface area (Å²) in [4.78, 5) is 0.295. The fraction of sp³-hybridized carbons (Fsp3) is 0.500. The number of sulfone groups is 1. The van der Waals surface area contributed by atoms with Crippen LogP contribution in [0.15, 0.2) is 29.2 Å². The third-order valence-electron chi connectivity index (χ3n) is 2.54. The van der Waals surface area contributed by atoms with Gasteiger partial charge in [-0.25, -0.2) is 8.42 Å². The van der Waals surface area contributed by atoms with Crippen molar-refractivity contribution >= 4 is 9.84 Å². The van der Waals surface area contributed by atoms with Gasteiger partial charge in [-0.05, 0) is 36.6 Å². The molecule has 0 aromatic heterocycles. The molecule has 1 atom stereocenters. The Morgan fingerprint density at radius 2 is 1.88 bits per heavy atom. The normalized spacial score (nSPS) is 13.4. The maximum absolute atomic E-state index is 12.0. The Labute approximate surface area is 102 Å². The molecule has 17 heavy (non-hydrogen) atoms. The molecular weight excluding hydrogens is 240 g/mol. The van der Waals surface area contributed by atoms with Crippen LogP contribution in [0.5, 0.6) is 5.75 Å². The first-order valence-corrected chi connectivity index (χ1v) is 7.12. The fourth-order valence-electron chi connectivity index (χ4n) is 1.56. The number of rotatable bonds is 6. The Hall–Kier alpha value is -1.07. The first-order valence-electron chi connectivity index (χ1n) is 5.47. The lowest BCUT2D eigenvalue weighted by Gasteiger charge is -2.10. The van der Waals surface area contributed by atoms with E-state index in [4.69, 9.17) is 9.84 Å². The van der Waals surface area contributed by atoms with Gasteiger partial charge in [0, 0.05) is 6.61 Å². The molecule has 0 amide bonds. The first-order chi connectivity index (χ1) is 7.99. The van der Waals surface area contributed by atoms with Gasteiger partial charge in [0.1, 0.15) is 5.75 Å². The minimum atomic E-state index is -3.27. The quantitative estimate of drug-likeness (QED) is 0.839. The minimum Gasteiger partial charge on any atom is -0.497 e. The predicted molar refractivity (Wildman–Crippen MR) is 65.9 cm³/mol. The third kappa shape index (κ3) is 4.02. The van der Waals surface area contributed by atoms with Gasteiger partial charge in [-0.15, -0.1) is 0 Å². The predicted octanol–water partition coefficient (Wildman–Crippen LogP) is 1.49. The molecule has 0 saturated carbocycles. The molecule has 0 bridgehead atoms. The van der Waals surface area contributed by atoms with Gasteiger partial charge >= 0.3 is 0 Å². The van der Waals surface area contributed by atoms with E-state index in [0.717, 1.165) is 0 Å². The highest BCUT2D eigenvalue weighted by Crippen LogP contribution is 2.19. The van der Waals surface area contributed by atoms with E-state index in [-0.39, 0.29) is 18.3 Å². The summed E-state index contributed by atoms with van der Waals surface area (Å²) in [6, 6.07) is 6.34. The minimum absolute atomic E-state index is 0.0132. The molecule has 1 aromatic carbocycles. The van der Waals surface area contributed by atoms with Crippen LogP contribution < -0.4 is 4.74 Å². The summed E-state index contributed by atoms with van der Waals surface area (Å²) in [7, 11) is -1.74. The van der Waals surface area contributed by atoms with Crippen molar-refractivity contribution < 1.29 is 18.3 Å². The molecule has 0 aliphatic heterocycles. The average molecular weight is 258 g/mol. The molecular formula is C12H18O4S. The van der Waals surface area contributed by atoms with Gasteiger partial charge in [0.2, 0.25) is 0 Å². The van der Waals surface area contributed by atoms with E-state index in [1.54, 1.807) is 24.3 Å². The van der Waals surface area contributed by atoms with Gasteiger partial charge in [-0.2, -0.15) is 0 Å². The van der Waals surface area contributed by atoms with E-state index in [1.807, 2.05) is 6.92 Å². The molecule has 1 unspecified atom stereocenters. The molecule has 1 rings (SSSR count). The second kappa shape index (κ2) is 6.02. The van der Waals surface area contributed by atoms with Crippen LogP contribution in [0.3, 0.4) is 0 Å². The van der Waals surface area contributed by atoms with E-state index in [0.29, 0.717) is 17.1 Å². The molecule has 0 radical (unpaired) electrons. The van der Waals surface area contributed by atoms with Crippen LogP contribution in [0.4, 0.5) is 0 Å². The summed E-state index contributed by atoms with van der Waals surface area (Å²) < 4.78 is 29.0. The first kappa shape index (κ1) is 14.0. The lowest BCUT2D eigenvalue weighted by molar-refractivity contribution is 0.268. The van der Waals surface area contributed by atoms with Crippen molar-refractivity contribution in [3.63, 3.8) is 0 Å². The van der Waals surface area contributed by atoms with Crippen LogP contribution in [0, 0.1) is 5.92 Å². The van der Waals surface area contributed by atoms with Crippen molar-refractivity contribution in [2.75, 3.05) is 19.5 Å². The summed E-state index contributed by atoms with van der Waals surface area (Å²) in [5.41, 5.74) is 0. The highest BCUT2D eigenvalue weighted by atomic mass is 32.2. The zero-order valence-corrected chi connectivity index (χ0v) is 10.9.